The minimum absolute atomic E-state index is 0.0794. The zero-order valence-corrected chi connectivity index (χ0v) is 20.8. The SMILES string of the molecule is CN(C)CCN1C(=O)Cc2cc(-c3ccc(C[C@@H](C#N)NC(=O)[C@H]4N[C@@H]5CC[C@H]4C5)c(F)c3)ccc21. The molecule has 0 aromatic heterocycles. The van der Waals surface area contributed by atoms with Crippen molar-refractivity contribution in [2.75, 3.05) is 32.1 Å². The minimum atomic E-state index is -0.794. The highest BCUT2D eigenvalue weighted by Gasteiger charge is 2.43. The van der Waals surface area contributed by atoms with Crippen molar-refractivity contribution < 1.29 is 14.0 Å². The minimum Gasteiger partial charge on any atom is -0.339 e. The van der Waals surface area contributed by atoms with Gasteiger partial charge in [0.25, 0.3) is 0 Å². The van der Waals surface area contributed by atoms with Gasteiger partial charge in [-0.3, -0.25) is 9.59 Å². The molecule has 8 heteroatoms. The molecule has 3 aliphatic rings. The van der Waals surface area contributed by atoms with E-state index in [1.165, 1.54) is 6.07 Å². The molecule has 1 saturated carbocycles. The van der Waals surface area contributed by atoms with E-state index in [0.717, 1.165) is 42.6 Å². The van der Waals surface area contributed by atoms with E-state index in [-0.39, 0.29) is 24.3 Å². The summed E-state index contributed by atoms with van der Waals surface area (Å²) >= 11 is 0. The highest BCUT2D eigenvalue weighted by atomic mass is 19.1. The third-order valence-electron chi connectivity index (χ3n) is 7.71. The van der Waals surface area contributed by atoms with E-state index in [9.17, 15) is 14.9 Å². The molecule has 0 unspecified atom stereocenters. The molecular weight excluding hydrogens is 457 g/mol. The van der Waals surface area contributed by atoms with E-state index < -0.39 is 11.9 Å². The van der Waals surface area contributed by atoms with E-state index in [1.54, 1.807) is 6.07 Å². The molecule has 2 aliphatic heterocycles. The van der Waals surface area contributed by atoms with Crippen LogP contribution in [0.3, 0.4) is 0 Å². The Labute approximate surface area is 211 Å². The van der Waals surface area contributed by atoms with Gasteiger partial charge in [-0.1, -0.05) is 18.2 Å². The van der Waals surface area contributed by atoms with Crippen molar-refractivity contribution in [2.45, 2.75) is 50.2 Å². The summed E-state index contributed by atoms with van der Waals surface area (Å²) in [6.45, 7) is 1.41. The third kappa shape index (κ3) is 4.86. The second-order valence-electron chi connectivity index (χ2n) is 10.5. The van der Waals surface area contributed by atoms with E-state index >= 15 is 4.39 Å². The Bertz CT molecular complexity index is 1220. The van der Waals surface area contributed by atoms with Crippen LogP contribution in [0.5, 0.6) is 0 Å². The van der Waals surface area contributed by atoms with Gasteiger partial charge in [-0.15, -0.1) is 0 Å². The quantitative estimate of drug-likeness (QED) is 0.595. The number of nitrogens with one attached hydrogen (secondary N) is 2. The van der Waals surface area contributed by atoms with Crippen LogP contribution in [0, 0.1) is 23.1 Å². The first kappa shape index (κ1) is 24.4. The van der Waals surface area contributed by atoms with Crippen LogP contribution in [-0.2, 0) is 22.4 Å². The Kier molecular flexibility index (Phi) is 6.78. The van der Waals surface area contributed by atoms with Gasteiger partial charge in [0, 0.05) is 31.2 Å². The van der Waals surface area contributed by atoms with Crippen LogP contribution in [0.4, 0.5) is 10.1 Å². The zero-order valence-electron chi connectivity index (χ0n) is 20.8. The number of benzene rings is 2. The third-order valence-corrected chi connectivity index (χ3v) is 7.71. The normalized spacial score (nSPS) is 23.1. The van der Waals surface area contributed by atoms with Crippen molar-refractivity contribution in [1.82, 2.24) is 15.5 Å². The Hall–Kier alpha value is -3.28. The largest absolute Gasteiger partial charge is 0.339 e. The molecule has 2 N–H and O–H groups in total. The summed E-state index contributed by atoms with van der Waals surface area (Å²) in [4.78, 5) is 29.0. The van der Waals surface area contributed by atoms with Crippen molar-refractivity contribution in [2.24, 2.45) is 5.92 Å². The van der Waals surface area contributed by atoms with Gasteiger partial charge < -0.3 is 20.4 Å². The molecule has 5 rings (SSSR count). The van der Waals surface area contributed by atoms with Crippen molar-refractivity contribution >= 4 is 17.5 Å². The second-order valence-corrected chi connectivity index (χ2v) is 10.5. The number of piperidine rings is 1. The number of rotatable bonds is 8. The maximum atomic E-state index is 15.1. The van der Waals surface area contributed by atoms with Crippen molar-refractivity contribution in [3.8, 4) is 17.2 Å². The monoisotopic (exact) mass is 489 g/mol. The van der Waals surface area contributed by atoms with Gasteiger partial charge in [-0.05, 0) is 79.7 Å². The maximum absolute atomic E-state index is 15.1. The van der Waals surface area contributed by atoms with Crippen LogP contribution < -0.4 is 15.5 Å². The number of carbonyl (C=O) groups excluding carboxylic acids is 2. The smallest absolute Gasteiger partial charge is 0.238 e. The number of hydrogen-bond acceptors (Lipinski definition) is 5. The van der Waals surface area contributed by atoms with Crippen LogP contribution in [0.2, 0.25) is 0 Å². The molecule has 2 aromatic rings. The summed E-state index contributed by atoms with van der Waals surface area (Å²) in [5, 5.41) is 15.7. The molecular formula is C28H32FN5O2. The van der Waals surface area contributed by atoms with Crippen molar-refractivity contribution in [3.63, 3.8) is 0 Å². The van der Waals surface area contributed by atoms with Gasteiger partial charge >= 0.3 is 0 Å². The fourth-order valence-corrected chi connectivity index (χ4v) is 5.76. The molecule has 1 saturated heterocycles. The summed E-state index contributed by atoms with van der Waals surface area (Å²) in [7, 11) is 3.96. The lowest BCUT2D eigenvalue weighted by molar-refractivity contribution is -0.124. The molecule has 2 aromatic carbocycles. The Morgan fingerprint density at radius 2 is 2.03 bits per heavy atom. The van der Waals surface area contributed by atoms with Crippen LogP contribution in [0.15, 0.2) is 36.4 Å². The van der Waals surface area contributed by atoms with E-state index in [2.05, 4.69) is 16.7 Å². The first-order chi connectivity index (χ1) is 17.3. The number of amides is 2. The predicted molar refractivity (Wildman–Crippen MR) is 136 cm³/mol. The first-order valence-electron chi connectivity index (χ1n) is 12.6. The Morgan fingerprint density at radius 3 is 2.69 bits per heavy atom. The number of halogens is 1. The van der Waals surface area contributed by atoms with Gasteiger partial charge in [-0.25, -0.2) is 4.39 Å². The summed E-state index contributed by atoms with van der Waals surface area (Å²) in [5.41, 5.74) is 3.80. The summed E-state index contributed by atoms with van der Waals surface area (Å²) in [6.07, 6.45) is 3.60. The maximum Gasteiger partial charge on any atom is 0.238 e. The number of nitrogens with zero attached hydrogens (tertiary/aromatic N) is 3. The number of hydrogen-bond donors (Lipinski definition) is 2. The molecule has 2 bridgehead atoms. The lowest BCUT2D eigenvalue weighted by atomic mass is 9.97. The van der Waals surface area contributed by atoms with E-state index in [4.69, 9.17) is 0 Å². The molecule has 1 aliphatic carbocycles. The van der Waals surface area contributed by atoms with Gasteiger partial charge in [0.2, 0.25) is 11.8 Å². The lowest BCUT2D eigenvalue weighted by Gasteiger charge is -2.23. The molecule has 2 heterocycles. The summed E-state index contributed by atoms with van der Waals surface area (Å²) < 4.78 is 15.1. The molecule has 0 spiro atoms. The van der Waals surface area contributed by atoms with Crippen LogP contribution in [0.1, 0.15) is 30.4 Å². The van der Waals surface area contributed by atoms with Gasteiger partial charge in [0.15, 0.2) is 0 Å². The molecule has 188 valence electrons. The van der Waals surface area contributed by atoms with Gasteiger partial charge in [-0.2, -0.15) is 5.26 Å². The first-order valence-corrected chi connectivity index (χ1v) is 12.6. The van der Waals surface area contributed by atoms with Crippen LogP contribution in [-0.4, -0.2) is 62.0 Å². The molecule has 2 fully saturated rings. The summed E-state index contributed by atoms with van der Waals surface area (Å²) in [5.74, 6) is -0.175. The zero-order chi connectivity index (χ0) is 25.4. The molecule has 2 amide bonds. The van der Waals surface area contributed by atoms with Crippen LogP contribution >= 0.6 is 0 Å². The van der Waals surface area contributed by atoms with E-state index in [0.29, 0.717) is 36.1 Å². The number of carbonyl (C=O) groups is 2. The number of likely N-dealkylation sites (N-methyl/N-ethyl adjacent to an activating group) is 1. The Morgan fingerprint density at radius 1 is 1.25 bits per heavy atom. The van der Waals surface area contributed by atoms with Gasteiger partial charge in [0.1, 0.15) is 11.9 Å². The average molecular weight is 490 g/mol. The molecule has 7 nitrogen and oxygen atoms in total. The number of anilines is 1. The van der Waals surface area contributed by atoms with Gasteiger partial charge in [0.05, 0.1) is 18.5 Å². The molecule has 36 heavy (non-hydrogen) atoms. The average Bonchev–Trinajstić information content (AvgIpc) is 3.57. The summed E-state index contributed by atoms with van der Waals surface area (Å²) in [6, 6.07) is 12.2. The number of fused-ring (bicyclic) bond motifs is 3. The topological polar surface area (TPSA) is 88.5 Å². The van der Waals surface area contributed by atoms with Crippen LogP contribution in [0.25, 0.3) is 11.1 Å². The molecule has 4 atom stereocenters. The number of nitriles is 1. The highest BCUT2D eigenvalue weighted by Crippen LogP contribution is 2.36. The fraction of sp³-hybridized carbons (Fsp3) is 0.464. The fourth-order valence-electron chi connectivity index (χ4n) is 5.76. The standard InChI is InChI=1S/C28H32FN5O2/c1-33(2)9-10-34-25-8-6-17(11-21(25)15-26(34)35)18-3-4-19(24(29)14-18)12-23(16-30)32-28(36)27-20-5-7-22(13-20)31-27/h3-4,6,8,11,14,20,22-23,27,31H,5,7,9-10,12-13,15H2,1-2H3,(H,32,36)/t20-,22+,23-,27-/m0/s1. The molecule has 0 radical (unpaired) electrons. The van der Waals surface area contributed by atoms with E-state index in [1.807, 2.05) is 48.2 Å². The predicted octanol–water partition coefficient (Wildman–Crippen LogP) is 2.63. The second kappa shape index (κ2) is 10.00. The Balaban J connectivity index is 1.26. The lowest BCUT2D eigenvalue weighted by Crippen LogP contribution is -2.50. The van der Waals surface area contributed by atoms with Crippen molar-refractivity contribution in [1.29, 1.82) is 5.26 Å². The highest BCUT2D eigenvalue weighted by molar-refractivity contribution is 6.02. The van der Waals surface area contributed by atoms with Crippen molar-refractivity contribution in [3.05, 3.63) is 53.3 Å².